The Labute approximate surface area is 123 Å². The van der Waals surface area contributed by atoms with E-state index in [9.17, 15) is 8.42 Å². The van der Waals surface area contributed by atoms with Crippen LogP contribution in [0, 0.1) is 11.8 Å². The highest BCUT2D eigenvalue weighted by molar-refractivity contribution is 7.86. The maximum atomic E-state index is 12.1. The van der Waals surface area contributed by atoms with Crippen molar-refractivity contribution < 1.29 is 12.6 Å². The van der Waals surface area contributed by atoms with E-state index in [2.05, 4.69) is 0 Å². The third-order valence-electron chi connectivity index (χ3n) is 4.84. The summed E-state index contributed by atoms with van der Waals surface area (Å²) in [5, 5.41) is 0. The molecule has 20 heavy (non-hydrogen) atoms. The Bertz CT molecular complexity index is 377. The Balaban J connectivity index is 1.78. The molecule has 118 valence electrons. The van der Waals surface area contributed by atoms with Crippen LogP contribution in [0.1, 0.15) is 64.2 Å². The summed E-state index contributed by atoms with van der Waals surface area (Å²) in [7, 11) is -3.37. The first kappa shape index (κ1) is 16.2. The van der Waals surface area contributed by atoms with E-state index in [1.165, 1.54) is 12.8 Å². The quantitative estimate of drug-likeness (QED) is 0.626. The Hall–Kier alpha value is -0.130. The number of hydrogen-bond acceptors (Lipinski definition) is 4. The fourth-order valence-corrected chi connectivity index (χ4v) is 4.89. The molecule has 2 unspecified atom stereocenters. The molecule has 5 heteroatoms. The molecule has 0 aliphatic heterocycles. The molecule has 0 spiro atoms. The molecule has 0 aromatic rings. The van der Waals surface area contributed by atoms with Crippen molar-refractivity contribution in [1.82, 2.24) is 0 Å². The second kappa shape index (κ2) is 7.76. The average molecular weight is 303 g/mol. The largest absolute Gasteiger partial charge is 0.327 e. The average Bonchev–Trinajstić information content (AvgIpc) is 2.62. The second-order valence-electron chi connectivity index (χ2n) is 6.57. The summed E-state index contributed by atoms with van der Waals surface area (Å²) in [6.07, 6.45) is 11.1. The molecule has 2 fully saturated rings. The summed E-state index contributed by atoms with van der Waals surface area (Å²) >= 11 is 0. The molecule has 0 amide bonds. The zero-order valence-electron chi connectivity index (χ0n) is 12.4. The molecule has 0 bridgehead atoms. The van der Waals surface area contributed by atoms with Gasteiger partial charge in [0.05, 0.1) is 12.4 Å². The smallest absolute Gasteiger partial charge is 0.267 e. The third kappa shape index (κ3) is 5.34. The lowest BCUT2D eigenvalue weighted by Gasteiger charge is -2.23. The first-order chi connectivity index (χ1) is 9.57. The SMILES string of the molecule is NC1CCCCCC1COS(=O)(=O)CC1CCCCC1. The fourth-order valence-electron chi connectivity index (χ4n) is 3.50. The molecule has 0 heterocycles. The minimum absolute atomic E-state index is 0.0994. The maximum absolute atomic E-state index is 12.1. The summed E-state index contributed by atoms with van der Waals surface area (Å²) in [5.41, 5.74) is 6.12. The van der Waals surface area contributed by atoms with Crippen LogP contribution in [0.25, 0.3) is 0 Å². The van der Waals surface area contributed by atoms with Crippen LogP contribution in [0.2, 0.25) is 0 Å². The molecule has 0 saturated heterocycles. The number of rotatable bonds is 5. The van der Waals surface area contributed by atoms with Gasteiger partial charge in [0, 0.05) is 6.04 Å². The highest BCUT2D eigenvalue weighted by Gasteiger charge is 2.26. The number of nitrogens with two attached hydrogens (primary N) is 1. The predicted molar refractivity (Wildman–Crippen MR) is 80.9 cm³/mol. The van der Waals surface area contributed by atoms with Crippen LogP contribution in [-0.2, 0) is 14.3 Å². The Kier molecular flexibility index (Phi) is 6.30. The molecule has 2 atom stereocenters. The van der Waals surface area contributed by atoms with E-state index in [0.29, 0.717) is 5.92 Å². The van der Waals surface area contributed by atoms with Crippen LogP contribution in [0.15, 0.2) is 0 Å². The molecule has 2 aliphatic rings. The number of hydrogen-bond donors (Lipinski definition) is 1. The van der Waals surface area contributed by atoms with Gasteiger partial charge in [-0.1, -0.05) is 38.5 Å². The van der Waals surface area contributed by atoms with Gasteiger partial charge in [0.15, 0.2) is 0 Å². The third-order valence-corrected chi connectivity index (χ3v) is 6.22. The van der Waals surface area contributed by atoms with Crippen molar-refractivity contribution in [2.24, 2.45) is 17.6 Å². The molecular weight excluding hydrogens is 274 g/mol. The minimum atomic E-state index is -3.37. The van der Waals surface area contributed by atoms with Gasteiger partial charge in [-0.25, -0.2) is 0 Å². The van der Waals surface area contributed by atoms with Crippen LogP contribution in [0.4, 0.5) is 0 Å². The molecule has 2 aliphatic carbocycles. The lowest BCUT2D eigenvalue weighted by atomic mass is 9.91. The van der Waals surface area contributed by atoms with E-state index < -0.39 is 10.1 Å². The van der Waals surface area contributed by atoms with E-state index >= 15 is 0 Å². The van der Waals surface area contributed by atoms with Gasteiger partial charge in [0.1, 0.15) is 0 Å². The van der Waals surface area contributed by atoms with Crippen molar-refractivity contribution in [2.45, 2.75) is 70.3 Å². The monoisotopic (exact) mass is 303 g/mol. The molecule has 0 aromatic heterocycles. The highest BCUT2D eigenvalue weighted by Crippen LogP contribution is 2.26. The minimum Gasteiger partial charge on any atom is -0.327 e. The molecule has 2 rings (SSSR count). The van der Waals surface area contributed by atoms with Crippen molar-refractivity contribution in [3.8, 4) is 0 Å². The fraction of sp³-hybridized carbons (Fsp3) is 1.00. The maximum Gasteiger partial charge on any atom is 0.267 e. The zero-order chi connectivity index (χ0) is 14.4. The van der Waals surface area contributed by atoms with Gasteiger partial charge in [-0.3, -0.25) is 4.18 Å². The lowest BCUT2D eigenvalue weighted by Crippen LogP contribution is -2.33. The normalized spacial score (nSPS) is 30.1. The Morgan fingerprint density at radius 1 is 0.900 bits per heavy atom. The van der Waals surface area contributed by atoms with Gasteiger partial charge in [0.25, 0.3) is 10.1 Å². The molecule has 4 nitrogen and oxygen atoms in total. The van der Waals surface area contributed by atoms with Crippen LogP contribution < -0.4 is 5.73 Å². The van der Waals surface area contributed by atoms with Gasteiger partial charge < -0.3 is 5.73 Å². The van der Waals surface area contributed by atoms with Crippen molar-refractivity contribution in [3.05, 3.63) is 0 Å². The van der Waals surface area contributed by atoms with E-state index in [-0.39, 0.29) is 24.3 Å². The van der Waals surface area contributed by atoms with Gasteiger partial charge in [-0.15, -0.1) is 0 Å². The Morgan fingerprint density at radius 2 is 1.50 bits per heavy atom. The van der Waals surface area contributed by atoms with Crippen molar-refractivity contribution in [3.63, 3.8) is 0 Å². The zero-order valence-corrected chi connectivity index (χ0v) is 13.2. The second-order valence-corrected chi connectivity index (χ2v) is 8.26. The molecule has 0 aromatic carbocycles. The first-order valence-corrected chi connectivity index (χ1v) is 9.77. The van der Waals surface area contributed by atoms with E-state index in [0.717, 1.165) is 51.4 Å². The molecule has 2 saturated carbocycles. The summed E-state index contributed by atoms with van der Waals surface area (Å²) in [6.45, 7) is 0.288. The van der Waals surface area contributed by atoms with E-state index in [1.54, 1.807) is 0 Å². The predicted octanol–water partition coefficient (Wildman–Crippen LogP) is 2.82. The summed E-state index contributed by atoms with van der Waals surface area (Å²) in [4.78, 5) is 0. The summed E-state index contributed by atoms with van der Waals surface area (Å²) < 4.78 is 29.4. The summed E-state index contributed by atoms with van der Waals surface area (Å²) in [6, 6.07) is 0.0994. The molecule has 0 radical (unpaired) electrons. The lowest BCUT2D eigenvalue weighted by molar-refractivity contribution is 0.219. The first-order valence-electron chi connectivity index (χ1n) is 8.19. The van der Waals surface area contributed by atoms with E-state index in [1.807, 2.05) is 0 Å². The van der Waals surface area contributed by atoms with Crippen molar-refractivity contribution >= 4 is 10.1 Å². The van der Waals surface area contributed by atoms with E-state index in [4.69, 9.17) is 9.92 Å². The van der Waals surface area contributed by atoms with Crippen molar-refractivity contribution in [1.29, 1.82) is 0 Å². The van der Waals surface area contributed by atoms with Gasteiger partial charge >= 0.3 is 0 Å². The van der Waals surface area contributed by atoms with Crippen LogP contribution in [0.3, 0.4) is 0 Å². The standard InChI is InChI=1S/C15H29NO3S/c16-15-10-6-2-5-9-14(15)11-19-20(17,18)12-13-7-3-1-4-8-13/h13-15H,1-12,16H2. The Morgan fingerprint density at radius 3 is 2.20 bits per heavy atom. The van der Waals surface area contributed by atoms with Crippen LogP contribution in [0.5, 0.6) is 0 Å². The molecule has 2 N–H and O–H groups in total. The molecular formula is C15H29NO3S. The van der Waals surface area contributed by atoms with Crippen molar-refractivity contribution in [2.75, 3.05) is 12.4 Å². The van der Waals surface area contributed by atoms with Crippen LogP contribution in [-0.4, -0.2) is 26.8 Å². The van der Waals surface area contributed by atoms with Gasteiger partial charge in [-0.2, -0.15) is 8.42 Å². The topological polar surface area (TPSA) is 69.4 Å². The van der Waals surface area contributed by atoms with Gasteiger partial charge in [-0.05, 0) is 37.5 Å². The summed E-state index contributed by atoms with van der Waals surface area (Å²) in [5.74, 6) is 0.713. The van der Waals surface area contributed by atoms with Crippen LogP contribution >= 0.6 is 0 Å². The van der Waals surface area contributed by atoms with Gasteiger partial charge in [0.2, 0.25) is 0 Å². The highest BCUT2D eigenvalue weighted by atomic mass is 32.2.